The zero-order valence-corrected chi connectivity index (χ0v) is 9.78. The second kappa shape index (κ2) is 4.47. The van der Waals surface area contributed by atoms with E-state index >= 15 is 0 Å². The maximum absolute atomic E-state index is 2.21. The molecular formula is C12H20N2. The van der Waals surface area contributed by atoms with Crippen molar-refractivity contribution < 1.29 is 0 Å². The summed E-state index contributed by atoms with van der Waals surface area (Å²) in [6, 6.07) is 9.19. The van der Waals surface area contributed by atoms with Crippen LogP contribution in [0.25, 0.3) is 0 Å². The number of hydrogen-bond acceptors (Lipinski definition) is 2. The number of nitrogens with zero attached hydrogens (tertiary/aromatic N) is 2. The van der Waals surface area contributed by atoms with Crippen molar-refractivity contribution in [1.29, 1.82) is 0 Å². The Morgan fingerprint density at radius 2 is 1.43 bits per heavy atom. The van der Waals surface area contributed by atoms with E-state index in [2.05, 4.69) is 69.2 Å². The minimum atomic E-state index is 0.478. The molecule has 0 saturated carbocycles. The van der Waals surface area contributed by atoms with Crippen LogP contribution >= 0.6 is 0 Å². The zero-order chi connectivity index (χ0) is 10.7. The highest BCUT2D eigenvalue weighted by molar-refractivity contribution is 5.46. The molecule has 0 aliphatic rings. The van der Waals surface area contributed by atoms with E-state index in [1.165, 1.54) is 11.3 Å². The molecule has 14 heavy (non-hydrogen) atoms. The lowest BCUT2D eigenvalue weighted by molar-refractivity contribution is 0.321. The van der Waals surface area contributed by atoms with Crippen LogP contribution in [-0.4, -0.2) is 33.1 Å². The van der Waals surface area contributed by atoms with Crippen molar-refractivity contribution in [1.82, 2.24) is 4.90 Å². The largest absolute Gasteiger partial charge is 0.378 e. The van der Waals surface area contributed by atoms with Crippen LogP contribution in [0.1, 0.15) is 18.5 Å². The van der Waals surface area contributed by atoms with Gasteiger partial charge < -0.3 is 9.80 Å². The molecule has 0 aliphatic heterocycles. The average molecular weight is 192 g/mol. The summed E-state index contributed by atoms with van der Waals surface area (Å²) < 4.78 is 0. The van der Waals surface area contributed by atoms with Gasteiger partial charge in [-0.25, -0.2) is 0 Å². The summed E-state index contributed by atoms with van der Waals surface area (Å²) in [6.45, 7) is 2.21. The molecule has 0 spiro atoms. The van der Waals surface area contributed by atoms with Crippen LogP contribution in [-0.2, 0) is 0 Å². The summed E-state index contributed by atoms with van der Waals surface area (Å²) >= 11 is 0. The molecule has 1 aromatic rings. The fourth-order valence-electron chi connectivity index (χ4n) is 1.35. The molecule has 0 N–H and O–H groups in total. The molecule has 1 atom stereocenters. The van der Waals surface area contributed by atoms with Crippen molar-refractivity contribution in [3.05, 3.63) is 29.8 Å². The van der Waals surface area contributed by atoms with E-state index in [9.17, 15) is 0 Å². The summed E-state index contributed by atoms with van der Waals surface area (Å²) in [7, 11) is 8.32. The van der Waals surface area contributed by atoms with Crippen LogP contribution in [0.15, 0.2) is 24.3 Å². The first-order chi connectivity index (χ1) is 6.52. The molecule has 1 aromatic carbocycles. The van der Waals surface area contributed by atoms with Gasteiger partial charge in [-0.2, -0.15) is 0 Å². The Balaban J connectivity index is 2.83. The Bertz CT molecular complexity index is 275. The van der Waals surface area contributed by atoms with Gasteiger partial charge in [-0.05, 0) is 38.7 Å². The van der Waals surface area contributed by atoms with Gasteiger partial charge in [0, 0.05) is 25.8 Å². The highest BCUT2D eigenvalue weighted by Crippen LogP contribution is 2.20. The molecule has 1 rings (SSSR count). The van der Waals surface area contributed by atoms with Crippen LogP contribution in [0.5, 0.6) is 0 Å². The fourth-order valence-corrected chi connectivity index (χ4v) is 1.35. The first kappa shape index (κ1) is 11.1. The standard InChI is InChI=1S/C12H20N2/c1-10(13(2)3)11-6-8-12(9-7-11)14(4)5/h6-10H,1-5H3/t10-/m0/s1. The summed E-state index contributed by atoms with van der Waals surface area (Å²) in [6.07, 6.45) is 0. The van der Waals surface area contributed by atoms with Crippen LogP contribution in [0.2, 0.25) is 0 Å². The quantitative estimate of drug-likeness (QED) is 0.725. The molecule has 0 heterocycles. The van der Waals surface area contributed by atoms with Crippen LogP contribution < -0.4 is 4.90 Å². The number of rotatable bonds is 3. The van der Waals surface area contributed by atoms with Gasteiger partial charge in [0.15, 0.2) is 0 Å². The predicted molar refractivity (Wildman–Crippen MR) is 62.9 cm³/mol. The van der Waals surface area contributed by atoms with Gasteiger partial charge in [-0.15, -0.1) is 0 Å². The van der Waals surface area contributed by atoms with E-state index in [1.54, 1.807) is 0 Å². The van der Waals surface area contributed by atoms with E-state index < -0.39 is 0 Å². The van der Waals surface area contributed by atoms with Crippen molar-refractivity contribution >= 4 is 5.69 Å². The Labute approximate surface area is 87.1 Å². The van der Waals surface area contributed by atoms with E-state index in [0.717, 1.165) is 0 Å². The van der Waals surface area contributed by atoms with Crippen LogP contribution in [0.4, 0.5) is 5.69 Å². The van der Waals surface area contributed by atoms with E-state index in [-0.39, 0.29) is 0 Å². The van der Waals surface area contributed by atoms with Gasteiger partial charge in [0.1, 0.15) is 0 Å². The summed E-state index contributed by atoms with van der Waals surface area (Å²) in [4.78, 5) is 4.33. The predicted octanol–water partition coefficient (Wildman–Crippen LogP) is 2.38. The summed E-state index contributed by atoms with van der Waals surface area (Å²) in [5.41, 5.74) is 2.61. The zero-order valence-electron chi connectivity index (χ0n) is 9.78. The molecule has 0 radical (unpaired) electrons. The molecule has 0 bridgehead atoms. The molecule has 78 valence electrons. The van der Waals surface area contributed by atoms with E-state index in [1.807, 2.05) is 0 Å². The van der Waals surface area contributed by atoms with Crippen molar-refractivity contribution in [3.8, 4) is 0 Å². The Hall–Kier alpha value is -1.02. The summed E-state index contributed by atoms with van der Waals surface area (Å²) in [5.74, 6) is 0. The fraction of sp³-hybridized carbons (Fsp3) is 0.500. The second-order valence-electron chi connectivity index (χ2n) is 4.13. The smallest absolute Gasteiger partial charge is 0.0361 e. The summed E-state index contributed by atoms with van der Waals surface area (Å²) in [5, 5.41) is 0. The maximum Gasteiger partial charge on any atom is 0.0361 e. The third-order valence-corrected chi connectivity index (χ3v) is 2.67. The number of benzene rings is 1. The first-order valence-corrected chi connectivity index (χ1v) is 4.96. The molecule has 2 nitrogen and oxygen atoms in total. The lowest BCUT2D eigenvalue weighted by Crippen LogP contribution is -2.16. The molecule has 2 heteroatoms. The van der Waals surface area contributed by atoms with Crippen LogP contribution in [0.3, 0.4) is 0 Å². The monoisotopic (exact) mass is 192 g/mol. The Kier molecular flexibility index (Phi) is 3.53. The minimum Gasteiger partial charge on any atom is -0.378 e. The van der Waals surface area contributed by atoms with Gasteiger partial charge in [0.05, 0.1) is 0 Å². The molecule has 0 amide bonds. The molecule has 0 fully saturated rings. The van der Waals surface area contributed by atoms with Gasteiger partial charge in [0.25, 0.3) is 0 Å². The SMILES string of the molecule is C[C@@H](c1ccc(N(C)C)cc1)N(C)C. The third-order valence-electron chi connectivity index (χ3n) is 2.67. The molecule has 0 aromatic heterocycles. The second-order valence-corrected chi connectivity index (χ2v) is 4.13. The van der Waals surface area contributed by atoms with E-state index in [0.29, 0.717) is 6.04 Å². The van der Waals surface area contributed by atoms with Gasteiger partial charge in [-0.1, -0.05) is 12.1 Å². The lowest BCUT2D eigenvalue weighted by atomic mass is 10.1. The number of hydrogen-bond donors (Lipinski definition) is 0. The van der Waals surface area contributed by atoms with Crippen molar-refractivity contribution in [2.24, 2.45) is 0 Å². The van der Waals surface area contributed by atoms with Gasteiger partial charge in [-0.3, -0.25) is 0 Å². The normalized spacial score (nSPS) is 13.0. The van der Waals surface area contributed by atoms with Gasteiger partial charge in [0.2, 0.25) is 0 Å². The molecule has 0 saturated heterocycles. The average Bonchev–Trinajstić information content (AvgIpc) is 2.16. The molecular weight excluding hydrogens is 172 g/mol. The third kappa shape index (κ3) is 2.48. The highest BCUT2D eigenvalue weighted by atomic mass is 15.1. The lowest BCUT2D eigenvalue weighted by Gasteiger charge is -2.21. The number of anilines is 1. The van der Waals surface area contributed by atoms with Gasteiger partial charge >= 0.3 is 0 Å². The Morgan fingerprint density at radius 3 is 1.79 bits per heavy atom. The first-order valence-electron chi connectivity index (χ1n) is 4.96. The Morgan fingerprint density at radius 1 is 0.929 bits per heavy atom. The topological polar surface area (TPSA) is 6.48 Å². The maximum atomic E-state index is 2.21. The molecule has 0 unspecified atom stereocenters. The van der Waals surface area contributed by atoms with Crippen LogP contribution in [0, 0.1) is 0 Å². The van der Waals surface area contributed by atoms with Crippen molar-refractivity contribution in [2.45, 2.75) is 13.0 Å². The van der Waals surface area contributed by atoms with E-state index in [4.69, 9.17) is 0 Å². The highest BCUT2D eigenvalue weighted by Gasteiger charge is 2.06. The minimum absolute atomic E-state index is 0.478. The molecule has 0 aliphatic carbocycles. The van der Waals surface area contributed by atoms with Crippen molar-refractivity contribution in [2.75, 3.05) is 33.1 Å². The van der Waals surface area contributed by atoms with Crippen molar-refractivity contribution in [3.63, 3.8) is 0 Å².